The van der Waals surface area contributed by atoms with Gasteiger partial charge in [0.1, 0.15) is 5.75 Å². The molecule has 0 bridgehead atoms. The summed E-state index contributed by atoms with van der Waals surface area (Å²) in [6.45, 7) is 1.75. The monoisotopic (exact) mass is 263 g/mol. The number of carboxylic acids is 1. The zero-order valence-corrected chi connectivity index (χ0v) is 10.7. The summed E-state index contributed by atoms with van der Waals surface area (Å²) in [6.07, 6.45) is 1.57. The molecule has 0 aliphatic heterocycles. The molecule has 1 aromatic carbocycles. The van der Waals surface area contributed by atoms with Crippen molar-refractivity contribution in [3.05, 3.63) is 23.8 Å². The zero-order valence-electron chi connectivity index (χ0n) is 10.7. The Bertz CT molecular complexity index is 512. The number of amides is 1. The average Bonchev–Trinajstić information content (AvgIpc) is 2.83. The van der Waals surface area contributed by atoms with Crippen molar-refractivity contribution in [2.75, 3.05) is 5.32 Å². The van der Waals surface area contributed by atoms with Crippen molar-refractivity contribution in [3.63, 3.8) is 0 Å². The summed E-state index contributed by atoms with van der Waals surface area (Å²) < 4.78 is 0. The Balaban J connectivity index is 1.98. The van der Waals surface area contributed by atoms with Gasteiger partial charge in [-0.3, -0.25) is 9.59 Å². The zero-order chi connectivity index (χ0) is 14.0. The lowest BCUT2D eigenvalue weighted by Gasteiger charge is -2.11. The Morgan fingerprint density at radius 2 is 1.95 bits per heavy atom. The second-order valence-electron chi connectivity index (χ2n) is 5.04. The number of hydrogen-bond donors (Lipinski definition) is 3. The highest BCUT2D eigenvalue weighted by Gasteiger charge is 2.33. The third-order valence-electron chi connectivity index (χ3n) is 3.62. The van der Waals surface area contributed by atoms with Crippen molar-refractivity contribution in [1.82, 2.24) is 0 Å². The van der Waals surface area contributed by atoms with E-state index in [1.807, 2.05) is 0 Å². The number of carbonyl (C=O) groups excluding carboxylic acids is 1. The Labute approximate surface area is 111 Å². The van der Waals surface area contributed by atoms with Gasteiger partial charge >= 0.3 is 5.97 Å². The summed E-state index contributed by atoms with van der Waals surface area (Å²) in [5.41, 5.74) is 1.31. The van der Waals surface area contributed by atoms with E-state index in [0.717, 1.165) is 0 Å². The fourth-order valence-electron chi connectivity index (χ4n) is 2.42. The van der Waals surface area contributed by atoms with Gasteiger partial charge in [-0.1, -0.05) is 0 Å². The van der Waals surface area contributed by atoms with Crippen molar-refractivity contribution in [1.29, 1.82) is 0 Å². The quantitative estimate of drug-likeness (QED) is 0.729. The first-order chi connectivity index (χ1) is 8.97. The maximum Gasteiger partial charge on any atom is 0.306 e. The number of hydrogen-bond acceptors (Lipinski definition) is 3. The maximum absolute atomic E-state index is 12.0. The number of nitrogens with one attached hydrogen (secondary N) is 1. The molecule has 0 spiro atoms. The molecule has 19 heavy (non-hydrogen) atoms. The van der Waals surface area contributed by atoms with Gasteiger partial charge in [0.2, 0.25) is 5.91 Å². The van der Waals surface area contributed by atoms with Crippen LogP contribution in [-0.2, 0) is 9.59 Å². The predicted octanol–water partition coefficient (Wildman–Crippen LogP) is 2.14. The number of aryl methyl sites for hydroxylation is 1. The van der Waals surface area contributed by atoms with E-state index >= 15 is 0 Å². The van der Waals surface area contributed by atoms with Crippen molar-refractivity contribution in [3.8, 4) is 5.75 Å². The maximum atomic E-state index is 12.0. The standard InChI is InChI=1S/C14H17NO4/c1-8-6-11(4-5-12(8)16)15-13(17)9-2-3-10(7-9)14(18)19/h4-6,9-10,16H,2-3,7H2,1H3,(H,15,17)(H,18,19)/t9-,10+/m1/s1. The highest BCUT2D eigenvalue weighted by Crippen LogP contribution is 2.32. The van der Waals surface area contributed by atoms with Crippen molar-refractivity contribution in [2.45, 2.75) is 26.2 Å². The molecule has 1 fully saturated rings. The predicted molar refractivity (Wildman–Crippen MR) is 69.9 cm³/mol. The lowest BCUT2D eigenvalue weighted by Crippen LogP contribution is -2.21. The van der Waals surface area contributed by atoms with Gasteiger partial charge in [-0.2, -0.15) is 0 Å². The number of phenolic OH excluding ortho intramolecular Hbond substituents is 1. The summed E-state index contributed by atoms with van der Waals surface area (Å²) >= 11 is 0. The van der Waals surface area contributed by atoms with E-state index in [-0.39, 0.29) is 17.6 Å². The highest BCUT2D eigenvalue weighted by molar-refractivity contribution is 5.93. The number of benzene rings is 1. The molecular formula is C14H17NO4. The second kappa shape index (κ2) is 5.30. The smallest absolute Gasteiger partial charge is 0.306 e. The Morgan fingerprint density at radius 3 is 2.53 bits per heavy atom. The van der Waals surface area contributed by atoms with E-state index in [0.29, 0.717) is 30.5 Å². The molecule has 0 heterocycles. The number of phenols is 1. The third-order valence-corrected chi connectivity index (χ3v) is 3.62. The number of rotatable bonds is 3. The van der Waals surface area contributed by atoms with Crippen LogP contribution in [-0.4, -0.2) is 22.1 Å². The van der Waals surface area contributed by atoms with E-state index < -0.39 is 11.9 Å². The summed E-state index contributed by atoms with van der Waals surface area (Å²) in [6, 6.07) is 4.85. The molecule has 0 unspecified atom stereocenters. The molecule has 0 radical (unpaired) electrons. The molecule has 3 N–H and O–H groups in total. The second-order valence-corrected chi connectivity index (χ2v) is 5.04. The molecular weight excluding hydrogens is 246 g/mol. The summed E-state index contributed by atoms with van der Waals surface area (Å²) in [7, 11) is 0. The lowest BCUT2D eigenvalue weighted by molar-refractivity contribution is -0.141. The van der Waals surface area contributed by atoms with Gasteiger partial charge in [-0.15, -0.1) is 0 Å². The Morgan fingerprint density at radius 1 is 1.26 bits per heavy atom. The first-order valence-corrected chi connectivity index (χ1v) is 6.30. The molecule has 1 aliphatic carbocycles. The summed E-state index contributed by atoms with van der Waals surface area (Å²) in [5, 5.41) is 21.1. The molecule has 102 valence electrons. The van der Waals surface area contributed by atoms with Crippen LogP contribution in [0.4, 0.5) is 5.69 Å². The lowest BCUT2D eigenvalue weighted by atomic mass is 10.0. The topological polar surface area (TPSA) is 86.6 Å². The molecule has 1 aliphatic rings. The highest BCUT2D eigenvalue weighted by atomic mass is 16.4. The molecule has 2 rings (SSSR count). The van der Waals surface area contributed by atoms with Crippen LogP contribution in [0.3, 0.4) is 0 Å². The minimum absolute atomic E-state index is 0.145. The number of aromatic hydroxyl groups is 1. The SMILES string of the molecule is Cc1cc(NC(=O)[C@@H]2CC[C@H](C(=O)O)C2)ccc1O. The number of carbonyl (C=O) groups is 2. The Hall–Kier alpha value is -2.04. The first-order valence-electron chi connectivity index (χ1n) is 6.30. The molecule has 1 aromatic rings. The first kappa shape index (κ1) is 13.4. The summed E-state index contributed by atoms with van der Waals surface area (Å²) in [5.74, 6) is -1.43. The number of carboxylic acid groups (broad SMARTS) is 1. The summed E-state index contributed by atoms with van der Waals surface area (Å²) in [4.78, 5) is 22.9. The minimum Gasteiger partial charge on any atom is -0.508 e. The van der Waals surface area contributed by atoms with Crippen LogP contribution in [0, 0.1) is 18.8 Å². The molecule has 0 aromatic heterocycles. The fraction of sp³-hybridized carbons (Fsp3) is 0.429. The van der Waals surface area contributed by atoms with E-state index in [1.165, 1.54) is 6.07 Å². The van der Waals surface area contributed by atoms with Gasteiger partial charge in [0.25, 0.3) is 0 Å². The van der Waals surface area contributed by atoms with Gasteiger partial charge in [0.05, 0.1) is 5.92 Å². The molecule has 5 heteroatoms. The van der Waals surface area contributed by atoms with Crippen molar-refractivity contribution < 1.29 is 19.8 Å². The van der Waals surface area contributed by atoms with Crippen LogP contribution in [0.25, 0.3) is 0 Å². The van der Waals surface area contributed by atoms with Crippen LogP contribution in [0.1, 0.15) is 24.8 Å². The van der Waals surface area contributed by atoms with Crippen molar-refractivity contribution in [2.24, 2.45) is 11.8 Å². The van der Waals surface area contributed by atoms with Crippen molar-refractivity contribution >= 4 is 17.6 Å². The van der Waals surface area contributed by atoms with Crippen LogP contribution >= 0.6 is 0 Å². The molecule has 2 atom stereocenters. The van der Waals surface area contributed by atoms with Crippen LogP contribution in [0.2, 0.25) is 0 Å². The van der Waals surface area contributed by atoms with Crippen LogP contribution < -0.4 is 5.32 Å². The van der Waals surface area contributed by atoms with E-state index in [2.05, 4.69) is 5.32 Å². The van der Waals surface area contributed by atoms with Crippen LogP contribution in [0.15, 0.2) is 18.2 Å². The third kappa shape index (κ3) is 3.05. The largest absolute Gasteiger partial charge is 0.508 e. The van der Waals surface area contributed by atoms with Crippen LogP contribution in [0.5, 0.6) is 5.75 Å². The minimum atomic E-state index is -0.823. The fourth-order valence-corrected chi connectivity index (χ4v) is 2.42. The molecule has 5 nitrogen and oxygen atoms in total. The van der Waals surface area contributed by atoms with Gasteiger partial charge in [0.15, 0.2) is 0 Å². The van der Waals surface area contributed by atoms with Gasteiger partial charge in [0, 0.05) is 11.6 Å². The van der Waals surface area contributed by atoms with E-state index in [4.69, 9.17) is 5.11 Å². The average molecular weight is 263 g/mol. The molecule has 1 saturated carbocycles. The van der Waals surface area contributed by atoms with E-state index in [9.17, 15) is 14.7 Å². The Kier molecular flexibility index (Phi) is 3.74. The van der Waals surface area contributed by atoms with Gasteiger partial charge in [-0.25, -0.2) is 0 Å². The van der Waals surface area contributed by atoms with E-state index in [1.54, 1.807) is 19.1 Å². The number of aliphatic carboxylic acids is 1. The molecule has 0 saturated heterocycles. The number of anilines is 1. The van der Waals surface area contributed by atoms with Gasteiger partial charge < -0.3 is 15.5 Å². The normalized spacial score (nSPS) is 22.2. The molecule has 1 amide bonds. The van der Waals surface area contributed by atoms with Gasteiger partial charge in [-0.05, 0) is 49.9 Å².